The molecule has 1 aromatic rings. The summed E-state index contributed by atoms with van der Waals surface area (Å²) in [6.45, 7) is 12.2. The summed E-state index contributed by atoms with van der Waals surface area (Å²) in [5, 5.41) is 6.86. The number of piperazine rings is 1. The Balaban J connectivity index is 0.00000392. The molecule has 1 aliphatic rings. The molecule has 0 spiro atoms. The first-order chi connectivity index (χ1) is 13.0. The van der Waals surface area contributed by atoms with Gasteiger partial charge in [0.15, 0.2) is 5.96 Å². The van der Waals surface area contributed by atoms with E-state index in [0.717, 1.165) is 45.2 Å². The molecular weight excluding hydrogens is 481 g/mol. The molecule has 2 N–H and O–H groups in total. The van der Waals surface area contributed by atoms with Crippen molar-refractivity contribution in [3.8, 4) is 0 Å². The Kier molecular flexibility index (Phi) is 12.3. The number of aliphatic imine (C=N–C) groups is 1. The van der Waals surface area contributed by atoms with Crippen molar-refractivity contribution in [2.75, 3.05) is 64.0 Å². The maximum absolute atomic E-state index is 4.32. The molecule has 160 valence electrons. The van der Waals surface area contributed by atoms with Crippen molar-refractivity contribution in [2.45, 2.75) is 31.4 Å². The first kappa shape index (κ1) is 25.4. The number of thioether (sulfide) groups is 1. The summed E-state index contributed by atoms with van der Waals surface area (Å²) in [5.74, 6) is 0.911. The van der Waals surface area contributed by atoms with E-state index in [-0.39, 0.29) is 28.7 Å². The third-order valence-corrected chi connectivity index (χ3v) is 6.39. The Morgan fingerprint density at radius 2 is 1.75 bits per heavy atom. The Morgan fingerprint density at radius 3 is 2.36 bits per heavy atom. The fourth-order valence-electron chi connectivity index (χ4n) is 3.13. The smallest absolute Gasteiger partial charge is 0.191 e. The number of unbranched alkanes of at least 4 members (excludes halogenated alkanes) is 1. The Hall–Kier alpha value is -0.670. The van der Waals surface area contributed by atoms with Gasteiger partial charge in [-0.05, 0) is 51.6 Å². The second kappa shape index (κ2) is 13.5. The number of hydrogen-bond donors (Lipinski definition) is 2. The van der Waals surface area contributed by atoms with E-state index in [1.165, 1.54) is 25.1 Å². The van der Waals surface area contributed by atoms with E-state index in [1.807, 2.05) is 18.8 Å². The van der Waals surface area contributed by atoms with Crippen molar-refractivity contribution in [3.63, 3.8) is 0 Å². The predicted octanol–water partition coefficient (Wildman–Crippen LogP) is 3.51. The lowest BCUT2D eigenvalue weighted by molar-refractivity contribution is 0.253. The van der Waals surface area contributed by atoms with Crippen LogP contribution >= 0.6 is 35.7 Å². The van der Waals surface area contributed by atoms with Gasteiger partial charge in [0.05, 0.1) is 0 Å². The molecule has 1 saturated heterocycles. The van der Waals surface area contributed by atoms with Crippen LogP contribution in [0.25, 0.3) is 0 Å². The molecule has 0 unspecified atom stereocenters. The summed E-state index contributed by atoms with van der Waals surface area (Å²) in [7, 11) is 1.84. The van der Waals surface area contributed by atoms with Crippen molar-refractivity contribution in [2.24, 2.45) is 4.99 Å². The maximum atomic E-state index is 4.32. The number of benzene rings is 1. The molecule has 7 heteroatoms. The van der Waals surface area contributed by atoms with Gasteiger partial charge in [-0.3, -0.25) is 9.89 Å². The van der Waals surface area contributed by atoms with E-state index < -0.39 is 0 Å². The van der Waals surface area contributed by atoms with Gasteiger partial charge in [-0.25, -0.2) is 0 Å². The van der Waals surface area contributed by atoms with Crippen LogP contribution in [0.4, 0.5) is 5.69 Å². The van der Waals surface area contributed by atoms with Gasteiger partial charge in [0.1, 0.15) is 0 Å². The van der Waals surface area contributed by atoms with E-state index in [9.17, 15) is 0 Å². The fraction of sp³-hybridized carbons (Fsp3) is 0.667. The summed E-state index contributed by atoms with van der Waals surface area (Å²) < 4.78 is 0.222. The van der Waals surface area contributed by atoms with Crippen LogP contribution in [0.5, 0.6) is 0 Å². The molecule has 0 aromatic heterocycles. The van der Waals surface area contributed by atoms with E-state index in [0.29, 0.717) is 0 Å². The van der Waals surface area contributed by atoms with Crippen LogP contribution in [-0.2, 0) is 0 Å². The first-order valence-corrected chi connectivity index (χ1v) is 11.3. The lowest BCUT2D eigenvalue weighted by atomic mass is 10.2. The number of nitrogens with one attached hydrogen (secondary N) is 2. The zero-order valence-corrected chi connectivity index (χ0v) is 21.1. The zero-order valence-electron chi connectivity index (χ0n) is 17.9. The van der Waals surface area contributed by atoms with Crippen LogP contribution in [0.3, 0.4) is 0 Å². The average Bonchev–Trinajstić information content (AvgIpc) is 2.71. The number of nitrogens with zero attached hydrogens (tertiary/aromatic N) is 3. The molecule has 28 heavy (non-hydrogen) atoms. The number of para-hydroxylation sites is 1. The van der Waals surface area contributed by atoms with Crippen LogP contribution in [0.15, 0.2) is 35.3 Å². The zero-order chi connectivity index (χ0) is 19.5. The van der Waals surface area contributed by atoms with E-state index in [1.54, 1.807) is 0 Å². The van der Waals surface area contributed by atoms with Gasteiger partial charge in [0.2, 0.25) is 0 Å². The summed E-state index contributed by atoms with van der Waals surface area (Å²) in [6.07, 6.45) is 4.55. The van der Waals surface area contributed by atoms with Crippen LogP contribution in [-0.4, -0.2) is 74.7 Å². The van der Waals surface area contributed by atoms with Gasteiger partial charge in [0.25, 0.3) is 0 Å². The fourth-order valence-corrected chi connectivity index (χ4v) is 3.34. The second-order valence-electron chi connectivity index (χ2n) is 7.69. The number of hydrogen-bond acceptors (Lipinski definition) is 4. The maximum Gasteiger partial charge on any atom is 0.191 e. The van der Waals surface area contributed by atoms with Gasteiger partial charge in [-0.1, -0.05) is 18.2 Å². The van der Waals surface area contributed by atoms with Crippen molar-refractivity contribution < 1.29 is 0 Å². The van der Waals surface area contributed by atoms with Gasteiger partial charge in [-0.15, -0.1) is 24.0 Å². The van der Waals surface area contributed by atoms with Crippen molar-refractivity contribution >= 4 is 47.4 Å². The summed E-state index contributed by atoms with van der Waals surface area (Å²) in [5.41, 5.74) is 1.35. The monoisotopic (exact) mass is 519 g/mol. The third-order valence-electron chi connectivity index (χ3n) is 5.14. The first-order valence-electron chi connectivity index (χ1n) is 10.1. The third kappa shape index (κ3) is 9.22. The Morgan fingerprint density at radius 1 is 1.07 bits per heavy atom. The lowest BCUT2D eigenvalue weighted by Crippen LogP contribution is -2.46. The molecule has 2 rings (SSSR count). The largest absolute Gasteiger partial charge is 0.369 e. The SMILES string of the molecule is CN=C(NCCCCN1CCN(c2ccccc2)CC1)NCC(C)(C)SC.I. The van der Waals surface area contributed by atoms with Crippen LogP contribution < -0.4 is 15.5 Å². The molecule has 0 atom stereocenters. The van der Waals surface area contributed by atoms with Crippen LogP contribution in [0.1, 0.15) is 26.7 Å². The molecule has 5 nitrogen and oxygen atoms in total. The number of guanidine groups is 1. The number of halogens is 1. The molecule has 0 saturated carbocycles. The second-order valence-corrected chi connectivity index (χ2v) is 9.20. The van der Waals surface area contributed by atoms with Gasteiger partial charge in [-0.2, -0.15) is 11.8 Å². The Bertz CT molecular complexity index is 559. The average molecular weight is 520 g/mol. The topological polar surface area (TPSA) is 42.9 Å². The minimum absolute atomic E-state index is 0. The molecule has 0 radical (unpaired) electrons. The quantitative estimate of drug-likeness (QED) is 0.226. The number of anilines is 1. The lowest BCUT2D eigenvalue weighted by Gasteiger charge is -2.36. The molecule has 0 amide bonds. The molecule has 1 fully saturated rings. The molecular formula is C21H38IN5S. The molecule has 0 bridgehead atoms. The number of rotatable bonds is 9. The summed E-state index contributed by atoms with van der Waals surface area (Å²) >= 11 is 1.87. The highest BCUT2D eigenvalue weighted by Gasteiger charge is 2.17. The van der Waals surface area contributed by atoms with Crippen molar-refractivity contribution in [1.29, 1.82) is 0 Å². The highest BCUT2D eigenvalue weighted by Crippen LogP contribution is 2.19. The Labute approximate surface area is 193 Å². The normalized spacial score (nSPS) is 15.9. The predicted molar refractivity (Wildman–Crippen MR) is 137 cm³/mol. The molecule has 1 aromatic carbocycles. The minimum atomic E-state index is 0. The highest BCUT2D eigenvalue weighted by molar-refractivity contribution is 14.0. The summed E-state index contributed by atoms with van der Waals surface area (Å²) in [4.78, 5) is 9.40. The van der Waals surface area contributed by atoms with Crippen LogP contribution in [0.2, 0.25) is 0 Å². The van der Waals surface area contributed by atoms with Crippen LogP contribution in [0, 0.1) is 0 Å². The standard InChI is InChI=1S/C21H37N5S.HI/c1-21(2,27-4)18-24-20(22-3)23-12-8-9-13-25-14-16-26(17-15-25)19-10-6-5-7-11-19;/h5-7,10-11H,8-9,12-18H2,1-4H3,(H2,22,23,24);1H. The van der Waals surface area contributed by atoms with E-state index in [2.05, 4.69) is 75.9 Å². The molecule has 1 heterocycles. The van der Waals surface area contributed by atoms with E-state index >= 15 is 0 Å². The van der Waals surface area contributed by atoms with Gasteiger partial charge >= 0.3 is 0 Å². The molecule has 0 aliphatic carbocycles. The van der Waals surface area contributed by atoms with Crippen molar-refractivity contribution in [3.05, 3.63) is 30.3 Å². The van der Waals surface area contributed by atoms with Crippen molar-refractivity contribution in [1.82, 2.24) is 15.5 Å². The van der Waals surface area contributed by atoms with E-state index in [4.69, 9.17) is 0 Å². The summed E-state index contributed by atoms with van der Waals surface area (Å²) in [6, 6.07) is 10.8. The minimum Gasteiger partial charge on any atom is -0.369 e. The molecule has 1 aliphatic heterocycles. The van der Waals surface area contributed by atoms with Gasteiger partial charge < -0.3 is 15.5 Å². The highest BCUT2D eigenvalue weighted by atomic mass is 127. The van der Waals surface area contributed by atoms with Gasteiger partial charge in [0, 0.05) is 56.8 Å².